The van der Waals surface area contributed by atoms with Gasteiger partial charge in [0.2, 0.25) is 5.91 Å². The first-order valence-electron chi connectivity index (χ1n) is 6.79. The van der Waals surface area contributed by atoms with Gasteiger partial charge in [-0.15, -0.1) is 0 Å². The number of nitrogens with zero attached hydrogens (tertiary/aromatic N) is 1. The maximum Gasteiger partial charge on any atom is 0.239 e. The first-order chi connectivity index (χ1) is 9.39. The molecule has 1 atom stereocenters. The van der Waals surface area contributed by atoms with Gasteiger partial charge in [0.05, 0.1) is 13.2 Å². The molecule has 1 amide bonds. The molecule has 1 aromatic carbocycles. The van der Waals surface area contributed by atoms with Crippen LogP contribution >= 0.6 is 0 Å². The number of rotatable bonds is 1. The van der Waals surface area contributed by atoms with Crippen LogP contribution in [-0.2, 0) is 14.3 Å². The lowest BCUT2D eigenvalue weighted by Crippen LogP contribution is -2.43. The minimum absolute atomic E-state index is 0.00435. The molecule has 0 radical (unpaired) electrons. The second kappa shape index (κ2) is 4.46. The van der Waals surface area contributed by atoms with Crippen molar-refractivity contribution in [1.82, 2.24) is 0 Å². The summed E-state index contributed by atoms with van der Waals surface area (Å²) in [6.45, 7) is 5.33. The van der Waals surface area contributed by atoms with Gasteiger partial charge in [0, 0.05) is 23.8 Å². The van der Waals surface area contributed by atoms with Gasteiger partial charge in [-0.25, -0.2) is 0 Å². The Balaban J connectivity index is 1.91. The Kier molecular flexibility index (Phi) is 2.99. The highest BCUT2D eigenvalue weighted by molar-refractivity contribution is 6.05. The number of hydrogen-bond donors (Lipinski definition) is 1. The van der Waals surface area contributed by atoms with Gasteiger partial charge >= 0.3 is 0 Å². The van der Waals surface area contributed by atoms with Gasteiger partial charge < -0.3 is 20.1 Å². The van der Waals surface area contributed by atoms with Gasteiger partial charge in [-0.1, -0.05) is 13.8 Å². The zero-order chi connectivity index (χ0) is 14.5. The highest BCUT2D eigenvalue weighted by Gasteiger charge is 2.44. The van der Waals surface area contributed by atoms with Crippen LogP contribution in [0, 0.1) is 5.41 Å². The van der Waals surface area contributed by atoms with E-state index in [2.05, 4.69) is 13.8 Å². The summed E-state index contributed by atoms with van der Waals surface area (Å²) in [5.41, 5.74) is 8.25. The molecule has 5 heteroatoms. The summed E-state index contributed by atoms with van der Waals surface area (Å²) in [6, 6.07) is 5.51. The average molecular weight is 276 g/mol. The molecule has 3 rings (SSSR count). The Morgan fingerprint density at radius 3 is 2.60 bits per heavy atom. The van der Waals surface area contributed by atoms with Gasteiger partial charge in [-0.2, -0.15) is 0 Å². The molecule has 5 nitrogen and oxygen atoms in total. The molecule has 1 unspecified atom stereocenters. The lowest BCUT2D eigenvalue weighted by atomic mass is 9.93. The molecule has 20 heavy (non-hydrogen) atoms. The maximum atomic E-state index is 12.5. The number of fused-ring (bicyclic) bond motifs is 1. The Labute approximate surface area is 118 Å². The van der Waals surface area contributed by atoms with Crippen LogP contribution in [0.2, 0.25) is 0 Å². The number of carbonyl (C=O) groups is 1. The fourth-order valence-corrected chi connectivity index (χ4v) is 2.75. The first-order valence-corrected chi connectivity index (χ1v) is 6.79. The first kappa shape index (κ1) is 13.4. The van der Waals surface area contributed by atoms with Crippen molar-refractivity contribution < 1.29 is 14.3 Å². The van der Waals surface area contributed by atoms with Crippen LogP contribution in [0.15, 0.2) is 18.2 Å². The van der Waals surface area contributed by atoms with Crippen LogP contribution < -0.4 is 10.6 Å². The third-order valence-electron chi connectivity index (χ3n) is 3.89. The lowest BCUT2D eigenvalue weighted by Gasteiger charge is -2.36. The van der Waals surface area contributed by atoms with Crippen LogP contribution in [0.1, 0.15) is 25.3 Å². The normalized spacial score (nSPS) is 25.9. The zero-order valence-electron chi connectivity index (χ0n) is 12.1. The van der Waals surface area contributed by atoms with Gasteiger partial charge in [0.1, 0.15) is 5.92 Å². The second-order valence-corrected chi connectivity index (χ2v) is 6.35. The van der Waals surface area contributed by atoms with Gasteiger partial charge in [0.15, 0.2) is 6.29 Å². The van der Waals surface area contributed by atoms with Crippen LogP contribution in [-0.4, -0.2) is 32.5 Å². The molecule has 0 aromatic heterocycles. The second-order valence-electron chi connectivity index (χ2n) is 6.35. The SMILES string of the molecule is CN1C(=O)C(C2OCC(C)(C)CO2)c2cc(N)ccc21. The van der Waals surface area contributed by atoms with Crippen molar-refractivity contribution in [2.45, 2.75) is 26.1 Å². The van der Waals surface area contributed by atoms with E-state index in [4.69, 9.17) is 15.2 Å². The molecule has 0 spiro atoms. The maximum absolute atomic E-state index is 12.5. The van der Waals surface area contributed by atoms with E-state index in [1.807, 2.05) is 12.1 Å². The molecule has 2 heterocycles. The average Bonchev–Trinajstić information content (AvgIpc) is 2.63. The van der Waals surface area contributed by atoms with Crippen LogP contribution in [0.25, 0.3) is 0 Å². The summed E-state index contributed by atoms with van der Waals surface area (Å²) in [7, 11) is 1.77. The minimum Gasteiger partial charge on any atom is -0.399 e. The molecule has 2 N–H and O–H groups in total. The zero-order valence-corrected chi connectivity index (χ0v) is 12.1. The van der Waals surface area contributed by atoms with Gasteiger partial charge in [-0.3, -0.25) is 4.79 Å². The molecule has 1 aromatic rings. The highest BCUT2D eigenvalue weighted by Crippen LogP contribution is 2.42. The highest BCUT2D eigenvalue weighted by atomic mass is 16.7. The van der Waals surface area contributed by atoms with Crippen molar-refractivity contribution in [3.05, 3.63) is 23.8 Å². The van der Waals surface area contributed by atoms with E-state index in [1.165, 1.54) is 0 Å². The van der Waals surface area contributed by atoms with Crippen molar-refractivity contribution >= 4 is 17.3 Å². The van der Waals surface area contributed by atoms with E-state index >= 15 is 0 Å². The molecular weight excluding hydrogens is 256 g/mol. The minimum atomic E-state index is -0.527. The van der Waals surface area contributed by atoms with E-state index in [0.29, 0.717) is 18.9 Å². The number of nitrogen functional groups attached to an aromatic ring is 1. The topological polar surface area (TPSA) is 64.8 Å². The Hall–Kier alpha value is -1.59. The predicted octanol–water partition coefficient (Wildman–Crippen LogP) is 1.73. The van der Waals surface area contributed by atoms with Crippen molar-refractivity contribution in [1.29, 1.82) is 0 Å². The Morgan fingerprint density at radius 1 is 1.30 bits per heavy atom. The van der Waals surface area contributed by atoms with E-state index in [0.717, 1.165) is 11.3 Å². The van der Waals surface area contributed by atoms with Crippen molar-refractivity contribution in [2.24, 2.45) is 5.41 Å². The molecule has 0 saturated carbocycles. The molecule has 1 fully saturated rings. The monoisotopic (exact) mass is 276 g/mol. The largest absolute Gasteiger partial charge is 0.399 e. The fraction of sp³-hybridized carbons (Fsp3) is 0.533. The smallest absolute Gasteiger partial charge is 0.239 e. The third kappa shape index (κ3) is 2.07. The van der Waals surface area contributed by atoms with Crippen molar-refractivity contribution in [2.75, 3.05) is 30.9 Å². The standard InChI is InChI=1S/C15H20N2O3/c1-15(2)7-19-14(20-8-15)12-10-6-9(16)4-5-11(10)17(3)13(12)18/h4-6,12,14H,7-8,16H2,1-3H3. The number of nitrogens with two attached hydrogens (primary N) is 1. The van der Waals surface area contributed by atoms with Crippen molar-refractivity contribution in [3.8, 4) is 0 Å². The molecule has 2 aliphatic heterocycles. The number of anilines is 2. The van der Waals surface area contributed by atoms with Crippen LogP contribution in [0.3, 0.4) is 0 Å². The Bertz CT molecular complexity index is 546. The summed E-state index contributed by atoms with van der Waals surface area (Å²) in [5.74, 6) is -0.426. The van der Waals surface area contributed by atoms with Crippen molar-refractivity contribution in [3.63, 3.8) is 0 Å². The van der Waals surface area contributed by atoms with Crippen LogP contribution in [0.5, 0.6) is 0 Å². The summed E-state index contributed by atoms with van der Waals surface area (Å²) >= 11 is 0. The van der Waals surface area contributed by atoms with Gasteiger partial charge in [0.25, 0.3) is 0 Å². The molecule has 1 saturated heterocycles. The number of ether oxygens (including phenoxy) is 2. The quantitative estimate of drug-likeness (QED) is 0.793. The predicted molar refractivity (Wildman–Crippen MR) is 76.5 cm³/mol. The summed E-state index contributed by atoms with van der Waals surface area (Å²) in [6.07, 6.45) is -0.527. The number of carbonyl (C=O) groups excluding carboxylic acids is 1. The van der Waals surface area contributed by atoms with Gasteiger partial charge in [-0.05, 0) is 23.8 Å². The molecule has 0 aliphatic carbocycles. The Morgan fingerprint density at radius 2 is 1.95 bits per heavy atom. The lowest BCUT2D eigenvalue weighted by molar-refractivity contribution is -0.228. The number of benzene rings is 1. The third-order valence-corrected chi connectivity index (χ3v) is 3.89. The summed E-state index contributed by atoms with van der Waals surface area (Å²) in [4.78, 5) is 14.1. The number of likely N-dealkylation sites (N-methyl/N-ethyl adjacent to an activating group) is 1. The number of amides is 1. The molecule has 0 bridgehead atoms. The molecule has 108 valence electrons. The summed E-state index contributed by atoms with van der Waals surface area (Å²) < 4.78 is 11.6. The van der Waals surface area contributed by atoms with E-state index in [-0.39, 0.29) is 11.3 Å². The molecule has 2 aliphatic rings. The number of hydrogen-bond acceptors (Lipinski definition) is 4. The molecular formula is C15H20N2O3. The van der Waals surface area contributed by atoms with Crippen LogP contribution in [0.4, 0.5) is 11.4 Å². The van der Waals surface area contributed by atoms with E-state index in [1.54, 1.807) is 18.0 Å². The summed E-state index contributed by atoms with van der Waals surface area (Å²) in [5, 5.41) is 0. The van der Waals surface area contributed by atoms with E-state index < -0.39 is 12.2 Å². The fourth-order valence-electron chi connectivity index (χ4n) is 2.75. The van der Waals surface area contributed by atoms with E-state index in [9.17, 15) is 4.79 Å².